The Morgan fingerprint density at radius 3 is 2.45 bits per heavy atom. The zero-order valence-corrected chi connectivity index (χ0v) is 20.5. The van der Waals surface area contributed by atoms with Gasteiger partial charge in [-0.1, -0.05) is 53.2 Å². The van der Waals surface area contributed by atoms with Gasteiger partial charge in [-0.15, -0.1) is 0 Å². The lowest BCUT2D eigenvalue weighted by atomic mass is 9.97. The maximum Gasteiger partial charge on any atom is 0.133 e. The summed E-state index contributed by atoms with van der Waals surface area (Å²) in [6, 6.07) is 20.0. The summed E-state index contributed by atoms with van der Waals surface area (Å²) in [5.41, 5.74) is 5.30. The third kappa shape index (κ3) is 4.81. The van der Waals surface area contributed by atoms with Gasteiger partial charge < -0.3 is 15.2 Å². The van der Waals surface area contributed by atoms with E-state index in [1.807, 2.05) is 30.3 Å². The zero-order valence-electron chi connectivity index (χ0n) is 17.3. The Bertz CT molecular complexity index is 1110. The Morgan fingerprint density at radius 2 is 1.77 bits per heavy atom. The van der Waals surface area contributed by atoms with Crippen LogP contribution < -0.4 is 15.4 Å². The number of hydrogen-bond donors (Lipinski definition) is 3. The van der Waals surface area contributed by atoms with Crippen molar-refractivity contribution in [2.24, 2.45) is 0 Å². The molecular formula is C25H24Br2N2O2. The molecule has 4 rings (SSSR count). The normalized spacial score (nSPS) is 18.3. The molecule has 3 aromatic carbocycles. The van der Waals surface area contributed by atoms with Crippen LogP contribution in [-0.4, -0.2) is 12.2 Å². The van der Waals surface area contributed by atoms with Gasteiger partial charge in [0.2, 0.25) is 0 Å². The fourth-order valence-corrected chi connectivity index (χ4v) is 4.67. The molecule has 0 aliphatic carbocycles. The number of phenols is 1. The summed E-state index contributed by atoms with van der Waals surface area (Å²) in [5.74, 6) is 1.04. The van der Waals surface area contributed by atoms with Crippen molar-refractivity contribution in [3.05, 3.63) is 97.9 Å². The maximum atomic E-state index is 10.5. The van der Waals surface area contributed by atoms with E-state index in [9.17, 15) is 5.11 Å². The molecule has 0 saturated heterocycles. The molecule has 3 aromatic rings. The van der Waals surface area contributed by atoms with Crippen molar-refractivity contribution in [1.82, 2.24) is 10.6 Å². The number of halogens is 2. The molecule has 0 amide bonds. The molecule has 0 fully saturated rings. The van der Waals surface area contributed by atoms with E-state index in [1.54, 1.807) is 13.2 Å². The van der Waals surface area contributed by atoms with Gasteiger partial charge in [0.05, 0.1) is 17.6 Å². The van der Waals surface area contributed by atoms with Crippen LogP contribution in [0.25, 0.3) is 5.70 Å². The van der Waals surface area contributed by atoms with Crippen molar-refractivity contribution in [3.8, 4) is 11.5 Å². The quantitative estimate of drug-likeness (QED) is 0.345. The fraction of sp³-hybridized carbons (Fsp3) is 0.200. The van der Waals surface area contributed by atoms with Crippen LogP contribution in [0, 0.1) is 0 Å². The second kappa shape index (κ2) is 9.47. The Morgan fingerprint density at radius 1 is 1.00 bits per heavy atom. The van der Waals surface area contributed by atoms with Crippen LogP contribution in [0.4, 0.5) is 0 Å². The summed E-state index contributed by atoms with van der Waals surface area (Å²) in [4.78, 5) is 0. The lowest BCUT2D eigenvalue weighted by Gasteiger charge is -2.33. The molecule has 160 valence electrons. The van der Waals surface area contributed by atoms with Crippen molar-refractivity contribution in [2.75, 3.05) is 7.11 Å². The molecule has 0 bridgehead atoms. The average molecular weight is 544 g/mol. The first-order chi connectivity index (χ1) is 15.0. The monoisotopic (exact) mass is 542 g/mol. The number of methoxy groups -OCH3 is 1. The van der Waals surface area contributed by atoms with Gasteiger partial charge in [-0.3, -0.25) is 5.32 Å². The van der Waals surface area contributed by atoms with E-state index in [1.165, 1.54) is 5.56 Å². The van der Waals surface area contributed by atoms with E-state index in [2.05, 4.69) is 79.8 Å². The van der Waals surface area contributed by atoms with Crippen LogP contribution in [0.3, 0.4) is 0 Å². The van der Waals surface area contributed by atoms with Gasteiger partial charge in [0.25, 0.3) is 0 Å². The van der Waals surface area contributed by atoms with Gasteiger partial charge in [0, 0.05) is 15.7 Å². The molecule has 1 aliphatic rings. The first-order valence-electron chi connectivity index (χ1n) is 10.1. The molecule has 4 nitrogen and oxygen atoms in total. The van der Waals surface area contributed by atoms with Gasteiger partial charge in [-0.25, -0.2) is 0 Å². The standard InChI is InChI=1S/C25H24Br2N2O2/c1-3-15-4-6-16(7-5-15)21-14-22(19-13-18(26)9-10-23(19)30)29-25(28-21)17-8-11-24(31-2)20(27)12-17/h4-14,22,25,28-30H,3H2,1-2H3. The molecule has 6 heteroatoms. The number of aryl methyl sites for hydroxylation is 1. The Balaban J connectivity index is 1.76. The van der Waals surface area contributed by atoms with Crippen LogP contribution in [-0.2, 0) is 6.42 Å². The second-order valence-corrected chi connectivity index (χ2v) is 9.22. The minimum absolute atomic E-state index is 0.156. The van der Waals surface area contributed by atoms with Crippen LogP contribution in [0.2, 0.25) is 0 Å². The van der Waals surface area contributed by atoms with Crippen molar-refractivity contribution in [3.63, 3.8) is 0 Å². The minimum Gasteiger partial charge on any atom is -0.508 e. The largest absolute Gasteiger partial charge is 0.508 e. The van der Waals surface area contributed by atoms with Crippen LogP contribution in [0.15, 0.2) is 75.7 Å². The first-order valence-corrected chi connectivity index (χ1v) is 11.7. The number of nitrogens with one attached hydrogen (secondary N) is 2. The number of ether oxygens (including phenoxy) is 1. The molecule has 0 aromatic heterocycles. The predicted octanol–water partition coefficient (Wildman–Crippen LogP) is 6.46. The lowest BCUT2D eigenvalue weighted by Crippen LogP contribution is -2.39. The van der Waals surface area contributed by atoms with E-state index in [-0.39, 0.29) is 18.0 Å². The zero-order chi connectivity index (χ0) is 22.0. The van der Waals surface area contributed by atoms with E-state index in [4.69, 9.17) is 4.74 Å². The van der Waals surface area contributed by atoms with E-state index in [0.29, 0.717) is 0 Å². The maximum absolute atomic E-state index is 10.5. The second-order valence-electron chi connectivity index (χ2n) is 7.45. The van der Waals surface area contributed by atoms with Crippen molar-refractivity contribution in [2.45, 2.75) is 25.6 Å². The minimum atomic E-state index is -0.175. The molecule has 31 heavy (non-hydrogen) atoms. The van der Waals surface area contributed by atoms with E-state index >= 15 is 0 Å². The highest BCUT2D eigenvalue weighted by Gasteiger charge is 2.26. The molecule has 0 saturated carbocycles. The highest BCUT2D eigenvalue weighted by atomic mass is 79.9. The third-order valence-electron chi connectivity index (χ3n) is 5.49. The number of hydrogen-bond acceptors (Lipinski definition) is 4. The SMILES string of the molecule is CCc1ccc(C2=CC(c3cc(Br)ccc3O)NC(c3ccc(OC)c(Br)c3)N2)cc1. The Kier molecular flexibility index (Phi) is 6.70. The number of rotatable bonds is 5. The fourth-order valence-electron chi connectivity index (χ4n) is 3.73. The van der Waals surface area contributed by atoms with Crippen molar-refractivity contribution >= 4 is 37.6 Å². The Labute approximate surface area is 199 Å². The lowest BCUT2D eigenvalue weighted by molar-refractivity contribution is 0.408. The molecule has 3 N–H and O–H groups in total. The predicted molar refractivity (Wildman–Crippen MR) is 132 cm³/mol. The van der Waals surface area contributed by atoms with E-state index in [0.717, 1.165) is 43.5 Å². The van der Waals surface area contributed by atoms with Gasteiger partial charge in [-0.2, -0.15) is 0 Å². The van der Waals surface area contributed by atoms with Crippen LogP contribution >= 0.6 is 31.9 Å². The van der Waals surface area contributed by atoms with Gasteiger partial charge in [-0.05, 0) is 75.4 Å². The number of phenolic OH excluding ortho intramolecular Hbond substituents is 1. The topological polar surface area (TPSA) is 53.5 Å². The summed E-state index contributed by atoms with van der Waals surface area (Å²) in [7, 11) is 1.66. The van der Waals surface area contributed by atoms with Crippen molar-refractivity contribution in [1.29, 1.82) is 0 Å². The molecule has 1 aliphatic heterocycles. The first kappa shape index (κ1) is 21.9. The van der Waals surface area contributed by atoms with Gasteiger partial charge >= 0.3 is 0 Å². The smallest absolute Gasteiger partial charge is 0.133 e. The molecule has 1 heterocycles. The number of aromatic hydroxyl groups is 1. The summed E-state index contributed by atoms with van der Waals surface area (Å²) < 4.78 is 7.19. The van der Waals surface area contributed by atoms with Crippen molar-refractivity contribution < 1.29 is 9.84 Å². The van der Waals surface area contributed by atoms with E-state index < -0.39 is 0 Å². The Hall–Kier alpha value is -2.28. The third-order valence-corrected chi connectivity index (χ3v) is 6.60. The van der Waals surface area contributed by atoms with Gasteiger partial charge in [0.1, 0.15) is 17.7 Å². The van der Waals surface area contributed by atoms with Crippen LogP contribution in [0.5, 0.6) is 11.5 Å². The molecule has 2 atom stereocenters. The highest BCUT2D eigenvalue weighted by Crippen LogP contribution is 2.36. The molecule has 0 radical (unpaired) electrons. The average Bonchev–Trinajstić information content (AvgIpc) is 2.80. The summed E-state index contributed by atoms with van der Waals surface area (Å²) in [5, 5.41) is 17.8. The summed E-state index contributed by atoms with van der Waals surface area (Å²) in [6.45, 7) is 2.15. The summed E-state index contributed by atoms with van der Waals surface area (Å²) in [6.07, 6.45) is 2.97. The van der Waals surface area contributed by atoms with Crippen LogP contribution in [0.1, 0.15) is 41.4 Å². The molecule has 0 spiro atoms. The summed E-state index contributed by atoms with van der Waals surface area (Å²) >= 11 is 7.12. The number of benzene rings is 3. The van der Waals surface area contributed by atoms with Gasteiger partial charge in [0.15, 0.2) is 0 Å². The molecule has 2 unspecified atom stereocenters. The molecular weight excluding hydrogens is 520 g/mol. The highest BCUT2D eigenvalue weighted by molar-refractivity contribution is 9.10.